The molecule has 0 aliphatic carbocycles. The van der Waals surface area contributed by atoms with E-state index >= 15 is 0 Å². The van der Waals surface area contributed by atoms with Gasteiger partial charge >= 0.3 is 6.09 Å². The number of rotatable bonds is 4. The van der Waals surface area contributed by atoms with E-state index in [1.807, 2.05) is 62.4 Å². The van der Waals surface area contributed by atoms with Gasteiger partial charge in [-0.25, -0.2) is 9.78 Å². The van der Waals surface area contributed by atoms with Gasteiger partial charge in [0.25, 0.3) is 0 Å². The second-order valence-electron chi connectivity index (χ2n) is 10.7. The highest BCUT2D eigenvalue weighted by Crippen LogP contribution is 2.34. The summed E-state index contributed by atoms with van der Waals surface area (Å²) in [5, 5.41) is 10.9. The molecule has 2 amide bonds. The molecule has 0 fully saturated rings. The van der Waals surface area contributed by atoms with Crippen molar-refractivity contribution in [3.63, 3.8) is 0 Å². The molecule has 2 aromatic heterocycles. The Morgan fingerprint density at radius 2 is 1.85 bits per heavy atom. The van der Waals surface area contributed by atoms with Crippen molar-refractivity contribution in [3.05, 3.63) is 71.0 Å². The number of ether oxygens (including phenoxy) is 1. The number of nitrogens with two attached hydrogens (primary N) is 1. The Morgan fingerprint density at radius 1 is 1.10 bits per heavy atom. The number of nitrogens with zero attached hydrogens (tertiary/aromatic N) is 5. The normalized spacial score (nSPS) is 13.3. The van der Waals surface area contributed by atoms with Crippen LogP contribution in [0, 0.1) is 6.92 Å². The summed E-state index contributed by atoms with van der Waals surface area (Å²) in [5.41, 5.74) is 9.39. The Balaban J connectivity index is 1.67. The molecule has 0 atom stereocenters. The van der Waals surface area contributed by atoms with Crippen LogP contribution in [-0.2, 0) is 17.7 Å². The Morgan fingerprint density at radius 3 is 2.54 bits per heavy atom. The van der Waals surface area contributed by atoms with E-state index in [4.69, 9.17) is 20.4 Å². The summed E-state index contributed by atoms with van der Waals surface area (Å²) < 4.78 is 7.53. The first-order valence-electron chi connectivity index (χ1n) is 12.7. The van der Waals surface area contributed by atoms with Gasteiger partial charge in [-0.2, -0.15) is 4.98 Å². The van der Waals surface area contributed by atoms with Crippen LogP contribution in [-0.4, -0.2) is 55.7 Å². The standard InChI is InChI=1S/C29H32N6O4/c1-17-14-21-20(25(30)37)10-7-11-24(21)35(17)27-31-23-12-13-34(28(38)39-29(2,3)4)16-22(23)26(32-27)33(5)18-8-6-9-19(36)15-18/h6-11,14-15,36H,12-13,16H2,1-5H3,(H2,30,37). The van der Waals surface area contributed by atoms with E-state index in [0.29, 0.717) is 30.3 Å². The number of hydrogen-bond acceptors (Lipinski definition) is 7. The molecular formula is C29H32N6O4. The first-order chi connectivity index (χ1) is 18.4. The van der Waals surface area contributed by atoms with Crippen LogP contribution in [0.5, 0.6) is 5.75 Å². The lowest BCUT2D eigenvalue weighted by atomic mass is 10.1. The van der Waals surface area contributed by atoms with Gasteiger partial charge in [0.1, 0.15) is 17.2 Å². The van der Waals surface area contributed by atoms with E-state index < -0.39 is 17.6 Å². The van der Waals surface area contributed by atoms with Crippen molar-refractivity contribution >= 4 is 34.4 Å². The number of primary amides is 1. The number of aromatic hydroxyl groups is 1. The number of phenols is 1. The summed E-state index contributed by atoms with van der Waals surface area (Å²) in [6.45, 7) is 8.17. The highest BCUT2D eigenvalue weighted by Gasteiger charge is 2.30. The van der Waals surface area contributed by atoms with E-state index in [1.54, 1.807) is 35.2 Å². The van der Waals surface area contributed by atoms with Crippen molar-refractivity contribution in [1.29, 1.82) is 0 Å². The quantitative estimate of drug-likeness (QED) is 0.396. The molecule has 202 valence electrons. The number of carbonyl (C=O) groups excluding carboxylic acids is 2. The second-order valence-corrected chi connectivity index (χ2v) is 10.7. The molecule has 1 aliphatic heterocycles. The molecule has 1 aliphatic rings. The number of aromatic nitrogens is 3. The third-order valence-corrected chi connectivity index (χ3v) is 6.71. The van der Waals surface area contributed by atoms with Gasteiger partial charge in [-0.15, -0.1) is 0 Å². The summed E-state index contributed by atoms with van der Waals surface area (Å²) in [4.78, 5) is 38.5. The largest absolute Gasteiger partial charge is 0.508 e. The maximum atomic E-state index is 12.9. The molecule has 3 N–H and O–H groups in total. The first kappa shape index (κ1) is 26.0. The summed E-state index contributed by atoms with van der Waals surface area (Å²) >= 11 is 0. The Hall–Kier alpha value is -4.60. The molecule has 0 spiro atoms. The fourth-order valence-corrected chi connectivity index (χ4v) is 4.91. The monoisotopic (exact) mass is 528 g/mol. The van der Waals surface area contributed by atoms with Gasteiger partial charge in [-0.1, -0.05) is 12.1 Å². The number of aryl methyl sites for hydroxylation is 1. The summed E-state index contributed by atoms with van der Waals surface area (Å²) in [6.07, 6.45) is 0.116. The second kappa shape index (κ2) is 9.61. The van der Waals surface area contributed by atoms with Crippen molar-refractivity contribution in [2.45, 2.75) is 46.3 Å². The molecule has 0 bridgehead atoms. The molecule has 0 radical (unpaired) electrons. The van der Waals surface area contributed by atoms with E-state index in [2.05, 4.69) is 0 Å². The van der Waals surface area contributed by atoms with E-state index in [1.165, 1.54) is 0 Å². The number of benzene rings is 2. The van der Waals surface area contributed by atoms with Crippen LogP contribution in [0.3, 0.4) is 0 Å². The van der Waals surface area contributed by atoms with Crippen molar-refractivity contribution < 1.29 is 19.4 Å². The highest BCUT2D eigenvalue weighted by molar-refractivity contribution is 6.06. The summed E-state index contributed by atoms with van der Waals surface area (Å²) in [5.74, 6) is 0.663. The first-order valence-corrected chi connectivity index (χ1v) is 12.7. The molecule has 0 unspecified atom stereocenters. The highest BCUT2D eigenvalue weighted by atomic mass is 16.6. The minimum absolute atomic E-state index is 0.129. The van der Waals surface area contributed by atoms with Crippen LogP contribution in [0.1, 0.15) is 48.1 Å². The van der Waals surface area contributed by atoms with Crippen LogP contribution in [0.4, 0.5) is 16.3 Å². The van der Waals surface area contributed by atoms with Gasteiger partial charge in [0.2, 0.25) is 11.9 Å². The van der Waals surface area contributed by atoms with Crippen LogP contribution in [0.15, 0.2) is 48.5 Å². The Bertz CT molecular complexity index is 1600. The molecule has 4 aromatic rings. The van der Waals surface area contributed by atoms with Crippen molar-refractivity contribution in [3.8, 4) is 11.7 Å². The lowest BCUT2D eigenvalue weighted by molar-refractivity contribution is 0.0223. The zero-order valence-corrected chi connectivity index (χ0v) is 22.7. The Kier molecular flexibility index (Phi) is 6.41. The van der Waals surface area contributed by atoms with Crippen LogP contribution in [0.2, 0.25) is 0 Å². The van der Waals surface area contributed by atoms with Gasteiger partial charge in [0, 0.05) is 54.0 Å². The van der Waals surface area contributed by atoms with Gasteiger partial charge in [0.15, 0.2) is 0 Å². The number of carbonyl (C=O) groups is 2. The molecule has 10 nitrogen and oxygen atoms in total. The third kappa shape index (κ3) is 4.97. The van der Waals surface area contributed by atoms with Gasteiger partial charge in [0.05, 0.1) is 17.8 Å². The predicted molar refractivity (Wildman–Crippen MR) is 149 cm³/mol. The molecule has 3 heterocycles. The molecular weight excluding hydrogens is 496 g/mol. The maximum Gasteiger partial charge on any atom is 0.410 e. The average Bonchev–Trinajstić information content (AvgIpc) is 3.21. The van der Waals surface area contributed by atoms with E-state index in [-0.39, 0.29) is 12.3 Å². The average molecular weight is 529 g/mol. The molecule has 5 rings (SSSR count). The van der Waals surface area contributed by atoms with Gasteiger partial charge in [-0.05, 0) is 58.0 Å². The topological polar surface area (TPSA) is 127 Å². The third-order valence-electron chi connectivity index (χ3n) is 6.71. The molecule has 10 heteroatoms. The molecule has 2 aromatic carbocycles. The predicted octanol–water partition coefficient (Wildman–Crippen LogP) is 4.59. The number of hydrogen-bond donors (Lipinski definition) is 2. The van der Waals surface area contributed by atoms with E-state index in [0.717, 1.165) is 33.5 Å². The van der Waals surface area contributed by atoms with Crippen LogP contribution >= 0.6 is 0 Å². The molecule has 0 saturated heterocycles. The number of anilines is 2. The zero-order chi connectivity index (χ0) is 28.1. The van der Waals surface area contributed by atoms with Crippen LogP contribution < -0.4 is 10.6 Å². The van der Waals surface area contributed by atoms with Crippen molar-refractivity contribution in [1.82, 2.24) is 19.4 Å². The minimum atomic E-state index is -0.615. The number of amides is 2. The van der Waals surface area contributed by atoms with Crippen molar-refractivity contribution in [2.24, 2.45) is 5.73 Å². The molecule has 39 heavy (non-hydrogen) atoms. The lowest BCUT2D eigenvalue weighted by Crippen LogP contribution is -2.41. The SMILES string of the molecule is Cc1cc2c(C(N)=O)cccc2n1-c1nc2c(c(N(C)c3cccc(O)c3)n1)CN(C(=O)OC(C)(C)C)CC2. The van der Waals surface area contributed by atoms with Crippen molar-refractivity contribution in [2.75, 3.05) is 18.5 Å². The molecule has 0 saturated carbocycles. The minimum Gasteiger partial charge on any atom is -0.508 e. The zero-order valence-electron chi connectivity index (χ0n) is 22.7. The Labute approximate surface area is 226 Å². The number of fused-ring (bicyclic) bond motifs is 2. The lowest BCUT2D eigenvalue weighted by Gasteiger charge is -2.33. The fourth-order valence-electron chi connectivity index (χ4n) is 4.91. The summed E-state index contributed by atoms with van der Waals surface area (Å²) in [7, 11) is 1.86. The maximum absolute atomic E-state index is 12.9. The summed E-state index contributed by atoms with van der Waals surface area (Å²) in [6, 6.07) is 14.2. The smallest absolute Gasteiger partial charge is 0.410 e. The van der Waals surface area contributed by atoms with Gasteiger partial charge < -0.3 is 25.4 Å². The van der Waals surface area contributed by atoms with Crippen LogP contribution in [0.25, 0.3) is 16.9 Å². The van der Waals surface area contributed by atoms with Gasteiger partial charge in [-0.3, -0.25) is 9.36 Å². The fraction of sp³-hybridized carbons (Fsp3) is 0.310. The number of phenolic OH excluding ortho intramolecular Hbond substituents is 1. The van der Waals surface area contributed by atoms with E-state index in [9.17, 15) is 14.7 Å².